The Bertz CT molecular complexity index is 327. The molecule has 1 aliphatic rings. The Morgan fingerprint density at radius 3 is 2.94 bits per heavy atom. The molecular weight excluding hydrogens is 218 g/mol. The highest BCUT2D eigenvalue weighted by molar-refractivity contribution is 7.15. The fraction of sp³-hybridized carbons (Fsp3) is 0.750. The molecule has 1 atom stereocenters. The van der Waals surface area contributed by atoms with E-state index >= 15 is 0 Å². The van der Waals surface area contributed by atoms with Crippen molar-refractivity contribution < 1.29 is 0 Å². The van der Waals surface area contributed by atoms with Crippen molar-refractivity contribution in [2.45, 2.75) is 33.1 Å². The Balaban J connectivity index is 2.03. The third-order valence-electron chi connectivity index (χ3n) is 3.38. The molecule has 16 heavy (non-hydrogen) atoms. The summed E-state index contributed by atoms with van der Waals surface area (Å²) in [5.74, 6) is 0.767. The molecule has 1 fully saturated rings. The van der Waals surface area contributed by atoms with Gasteiger partial charge in [0.25, 0.3) is 0 Å². The van der Waals surface area contributed by atoms with E-state index in [9.17, 15) is 0 Å². The van der Waals surface area contributed by atoms with E-state index in [0.29, 0.717) is 0 Å². The van der Waals surface area contributed by atoms with Crippen LogP contribution in [0.25, 0.3) is 0 Å². The topological polar surface area (TPSA) is 42.2 Å². The largest absolute Gasteiger partial charge is 0.348 e. The Hall–Kier alpha value is -0.610. The zero-order valence-corrected chi connectivity index (χ0v) is 11.0. The lowest BCUT2D eigenvalue weighted by Gasteiger charge is -2.32. The fourth-order valence-electron chi connectivity index (χ4n) is 2.30. The van der Waals surface area contributed by atoms with Crippen molar-refractivity contribution in [1.29, 1.82) is 0 Å². The van der Waals surface area contributed by atoms with Crippen molar-refractivity contribution in [1.82, 2.24) is 4.98 Å². The molecule has 90 valence electrons. The number of thiazole rings is 1. The maximum Gasteiger partial charge on any atom is 0.185 e. The van der Waals surface area contributed by atoms with Gasteiger partial charge >= 0.3 is 0 Å². The molecule has 1 unspecified atom stereocenters. The predicted molar refractivity (Wildman–Crippen MR) is 70.2 cm³/mol. The molecule has 2 N–H and O–H groups in total. The average molecular weight is 239 g/mol. The van der Waals surface area contributed by atoms with Crippen molar-refractivity contribution in [2.75, 3.05) is 24.5 Å². The van der Waals surface area contributed by atoms with Crippen LogP contribution in [-0.2, 0) is 0 Å². The van der Waals surface area contributed by atoms with Crippen LogP contribution < -0.4 is 10.6 Å². The van der Waals surface area contributed by atoms with Crippen LogP contribution in [0.5, 0.6) is 0 Å². The van der Waals surface area contributed by atoms with Gasteiger partial charge in [0.2, 0.25) is 0 Å². The first-order chi connectivity index (χ1) is 7.70. The molecule has 1 aliphatic heterocycles. The first kappa shape index (κ1) is 11.9. The highest BCUT2D eigenvalue weighted by Gasteiger charge is 2.21. The standard InChI is InChI=1S/C12H21N3S/c1-9-10(2)16-12(14-9)15-7-3-4-11(8-15)5-6-13/h11H,3-8,13H2,1-2H3. The highest BCUT2D eigenvalue weighted by Crippen LogP contribution is 2.29. The number of rotatable bonds is 3. The number of hydrogen-bond acceptors (Lipinski definition) is 4. The third kappa shape index (κ3) is 2.55. The van der Waals surface area contributed by atoms with Crippen LogP contribution >= 0.6 is 11.3 Å². The van der Waals surface area contributed by atoms with Gasteiger partial charge in [0.15, 0.2) is 5.13 Å². The summed E-state index contributed by atoms with van der Waals surface area (Å²) in [6.45, 7) is 7.36. The zero-order chi connectivity index (χ0) is 11.5. The van der Waals surface area contributed by atoms with E-state index in [0.717, 1.165) is 32.0 Å². The Kier molecular flexibility index (Phi) is 3.82. The number of aromatic nitrogens is 1. The first-order valence-electron chi connectivity index (χ1n) is 6.09. The summed E-state index contributed by atoms with van der Waals surface area (Å²) < 4.78 is 0. The molecule has 0 aliphatic carbocycles. The number of piperidine rings is 1. The van der Waals surface area contributed by atoms with Gasteiger partial charge < -0.3 is 10.6 Å². The molecule has 0 spiro atoms. The summed E-state index contributed by atoms with van der Waals surface area (Å²) in [5.41, 5.74) is 6.82. The van der Waals surface area contributed by atoms with Crippen molar-refractivity contribution in [3.8, 4) is 0 Å². The molecule has 0 radical (unpaired) electrons. The summed E-state index contributed by atoms with van der Waals surface area (Å²) in [4.78, 5) is 8.42. The van der Waals surface area contributed by atoms with Gasteiger partial charge in [-0.1, -0.05) is 0 Å². The molecule has 0 amide bonds. The summed E-state index contributed by atoms with van der Waals surface area (Å²) in [7, 11) is 0. The predicted octanol–water partition coefficient (Wildman–Crippen LogP) is 2.33. The molecular formula is C12H21N3S. The van der Waals surface area contributed by atoms with Gasteiger partial charge in [-0.05, 0) is 45.6 Å². The molecule has 1 saturated heterocycles. The summed E-state index contributed by atoms with van der Waals surface area (Å²) in [5, 5.41) is 1.21. The lowest BCUT2D eigenvalue weighted by Crippen LogP contribution is -2.36. The van der Waals surface area contributed by atoms with E-state index < -0.39 is 0 Å². The van der Waals surface area contributed by atoms with Gasteiger partial charge in [0.1, 0.15) is 0 Å². The summed E-state index contributed by atoms with van der Waals surface area (Å²) in [6.07, 6.45) is 3.76. The second kappa shape index (κ2) is 5.15. The van der Waals surface area contributed by atoms with Crippen LogP contribution in [0.4, 0.5) is 5.13 Å². The minimum Gasteiger partial charge on any atom is -0.348 e. The number of anilines is 1. The van der Waals surface area contributed by atoms with E-state index in [1.54, 1.807) is 0 Å². The smallest absolute Gasteiger partial charge is 0.185 e. The van der Waals surface area contributed by atoms with Crippen molar-refractivity contribution >= 4 is 16.5 Å². The van der Waals surface area contributed by atoms with E-state index in [1.807, 2.05) is 11.3 Å². The van der Waals surface area contributed by atoms with Crippen LogP contribution in [0, 0.1) is 19.8 Å². The zero-order valence-electron chi connectivity index (χ0n) is 10.2. The van der Waals surface area contributed by atoms with E-state index in [-0.39, 0.29) is 0 Å². The molecule has 0 aromatic carbocycles. The van der Waals surface area contributed by atoms with Crippen molar-refractivity contribution in [2.24, 2.45) is 11.7 Å². The van der Waals surface area contributed by atoms with Gasteiger partial charge in [0, 0.05) is 18.0 Å². The van der Waals surface area contributed by atoms with Crippen molar-refractivity contribution in [3.63, 3.8) is 0 Å². The van der Waals surface area contributed by atoms with Gasteiger partial charge in [-0.25, -0.2) is 4.98 Å². The number of hydrogen-bond donors (Lipinski definition) is 1. The fourth-order valence-corrected chi connectivity index (χ4v) is 3.25. The second-order valence-electron chi connectivity index (χ2n) is 4.67. The average Bonchev–Trinajstić information content (AvgIpc) is 2.60. The molecule has 1 aromatic heterocycles. The molecule has 4 heteroatoms. The second-order valence-corrected chi connectivity index (χ2v) is 5.85. The van der Waals surface area contributed by atoms with Gasteiger partial charge in [-0.3, -0.25) is 0 Å². The van der Waals surface area contributed by atoms with Crippen molar-refractivity contribution in [3.05, 3.63) is 10.6 Å². The monoisotopic (exact) mass is 239 g/mol. The van der Waals surface area contributed by atoms with Crippen LogP contribution in [-0.4, -0.2) is 24.6 Å². The third-order valence-corrected chi connectivity index (χ3v) is 4.52. The normalized spacial score (nSPS) is 21.4. The number of nitrogens with two attached hydrogens (primary N) is 1. The van der Waals surface area contributed by atoms with E-state index in [4.69, 9.17) is 5.73 Å². The lowest BCUT2D eigenvalue weighted by atomic mass is 9.95. The Morgan fingerprint density at radius 2 is 2.31 bits per heavy atom. The van der Waals surface area contributed by atoms with Gasteiger partial charge in [0.05, 0.1) is 5.69 Å². The molecule has 2 heterocycles. The van der Waals surface area contributed by atoms with E-state index in [1.165, 1.54) is 28.5 Å². The number of aryl methyl sites for hydroxylation is 2. The highest BCUT2D eigenvalue weighted by atomic mass is 32.1. The minimum absolute atomic E-state index is 0.767. The van der Waals surface area contributed by atoms with E-state index in [2.05, 4.69) is 23.7 Å². The van der Waals surface area contributed by atoms with Gasteiger partial charge in [-0.2, -0.15) is 0 Å². The number of nitrogens with zero attached hydrogens (tertiary/aromatic N) is 2. The SMILES string of the molecule is Cc1nc(N2CCCC(CCN)C2)sc1C. The van der Waals surface area contributed by atoms with Crippen LogP contribution in [0.3, 0.4) is 0 Å². The Labute approximate surface area is 102 Å². The molecule has 3 nitrogen and oxygen atoms in total. The quantitative estimate of drug-likeness (QED) is 0.880. The maximum atomic E-state index is 5.64. The molecule has 2 rings (SSSR count). The molecule has 1 aromatic rings. The van der Waals surface area contributed by atoms with Crippen LogP contribution in [0.15, 0.2) is 0 Å². The van der Waals surface area contributed by atoms with Crippen LogP contribution in [0.2, 0.25) is 0 Å². The molecule has 0 saturated carbocycles. The van der Waals surface area contributed by atoms with Crippen LogP contribution in [0.1, 0.15) is 29.8 Å². The lowest BCUT2D eigenvalue weighted by molar-refractivity contribution is 0.396. The first-order valence-corrected chi connectivity index (χ1v) is 6.91. The summed E-state index contributed by atoms with van der Waals surface area (Å²) in [6, 6.07) is 0. The minimum atomic E-state index is 0.767. The van der Waals surface area contributed by atoms with Gasteiger partial charge in [-0.15, -0.1) is 11.3 Å². The summed E-state index contributed by atoms with van der Waals surface area (Å²) >= 11 is 1.82. The Morgan fingerprint density at radius 1 is 1.50 bits per heavy atom. The molecule has 0 bridgehead atoms. The maximum absolute atomic E-state index is 5.64.